The summed E-state index contributed by atoms with van der Waals surface area (Å²) in [5.41, 5.74) is 0.887. The van der Waals surface area contributed by atoms with Crippen LogP contribution in [0.5, 0.6) is 0 Å². The van der Waals surface area contributed by atoms with E-state index < -0.39 is 48.2 Å². The van der Waals surface area contributed by atoms with Gasteiger partial charge in [0.1, 0.15) is 11.5 Å². The first-order valence-electron chi connectivity index (χ1n) is 12.5. The van der Waals surface area contributed by atoms with Crippen LogP contribution in [-0.4, -0.2) is 54.2 Å². The number of aliphatic hydroxyl groups excluding tert-OH is 2. The van der Waals surface area contributed by atoms with Gasteiger partial charge in [0.2, 0.25) is 0 Å². The number of nitrogens with zero attached hydrogens (tertiary/aromatic N) is 3. The average Bonchev–Trinajstić information content (AvgIpc) is 3.25. The highest BCUT2D eigenvalue weighted by Gasteiger charge is 2.32. The molecule has 2 aromatic heterocycles. The van der Waals surface area contributed by atoms with E-state index >= 15 is 0 Å². The first-order chi connectivity index (χ1) is 18.8. The highest BCUT2D eigenvalue weighted by Crippen LogP contribution is 2.29. The second-order valence-corrected chi connectivity index (χ2v) is 9.66. The van der Waals surface area contributed by atoms with Gasteiger partial charge in [-0.2, -0.15) is 18.3 Å². The monoisotopic (exact) mass is 566 g/mol. The van der Waals surface area contributed by atoms with Gasteiger partial charge in [-0.3, -0.25) is 14.6 Å². The molecule has 1 aromatic carbocycles. The number of rotatable bonds is 12. The number of benzene rings is 1. The highest BCUT2D eigenvalue weighted by molar-refractivity contribution is 5.94. The molecule has 4 N–H and O–H groups in total. The van der Waals surface area contributed by atoms with Gasteiger partial charge in [0.15, 0.2) is 5.69 Å². The third-order valence-electron chi connectivity index (χ3n) is 6.12. The average molecular weight is 567 g/mol. The van der Waals surface area contributed by atoms with E-state index in [0.717, 1.165) is 12.3 Å². The molecule has 0 bridgehead atoms. The Kier molecular flexibility index (Phi) is 9.98. The Morgan fingerprint density at radius 1 is 1.05 bits per heavy atom. The molecule has 40 heavy (non-hydrogen) atoms. The summed E-state index contributed by atoms with van der Waals surface area (Å²) in [6.07, 6.45) is -6.22. The number of pyridine rings is 1. The summed E-state index contributed by atoms with van der Waals surface area (Å²) in [6.45, 7) is 3.55. The van der Waals surface area contributed by atoms with Crippen LogP contribution in [0.1, 0.15) is 72.0 Å². The van der Waals surface area contributed by atoms with Crippen molar-refractivity contribution in [1.82, 2.24) is 20.1 Å². The maximum atomic E-state index is 13.6. The van der Waals surface area contributed by atoms with Crippen molar-refractivity contribution in [3.63, 3.8) is 0 Å². The summed E-state index contributed by atoms with van der Waals surface area (Å²) in [7, 11) is 0. The topological polar surface area (TPSA) is 138 Å². The van der Waals surface area contributed by atoms with Crippen LogP contribution in [0.2, 0.25) is 0 Å². The smallest absolute Gasteiger partial charge is 0.433 e. The number of amides is 1. The number of carboxylic acids is 1. The molecule has 0 spiro atoms. The number of aliphatic carboxylic acids is 1. The molecule has 0 radical (unpaired) electrons. The molecule has 2 atom stereocenters. The SMILES string of the molecule is CC(C)c1c(C(=O)NCc2ccc(C(F)(F)F)nc2)nn(-c2ccc(F)cc2)c1CC[C@@H](O)C[C@@H](O)CC(=O)O. The zero-order valence-corrected chi connectivity index (χ0v) is 21.8. The summed E-state index contributed by atoms with van der Waals surface area (Å²) in [4.78, 5) is 27.4. The molecule has 0 aliphatic carbocycles. The lowest BCUT2D eigenvalue weighted by Gasteiger charge is -2.16. The van der Waals surface area contributed by atoms with Gasteiger partial charge < -0.3 is 20.6 Å². The highest BCUT2D eigenvalue weighted by atomic mass is 19.4. The molecule has 0 fully saturated rings. The van der Waals surface area contributed by atoms with Gasteiger partial charge in [-0.05, 0) is 61.1 Å². The maximum absolute atomic E-state index is 13.6. The summed E-state index contributed by atoms with van der Waals surface area (Å²) < 4.78 is 53.4. The lowest BCUT2D eigenvalue weighted by Crippen LogP contribution is -2.25. The zero-order valence-electron chi connectivity index (χ0n) is 21.8. The van der Waals surface area contributed by atoms with E-state index in [-0.39, 0.29) is 37.4 Å². The van der Waals surface area contributed by atoms with E-state index in [9.17, 15) is 37.4 Å². The van der Waals surface area contributed by atoms with Crippen molar-refractivity contribution in [2.75, 3.05) is 0 Å². The van der Waals surface area contributed by atoms with Crippen molar-refractivity contribution < 1.29 is 42.5 Å². The van der Waals surface area contributed by atoms with Crippen molar-refractivity contribution in [2.24, 2.45) is 0 Å². The number of carboxylic acid groups (broad SMARTS) is 1. The van der Waals surface area contributed by atoms with Crippen LogP contribution in [0.4, 0.5) is 17.6 Å². The number of nitrogens with one attached hydrogen (secondary N) is 1. The number of alkyl halides is 3. The normalized spacial score (nSPS) is 13.3. The summed E-state index contributed by atoms with van der Waals surface area (Å²) in [6, 6.07) is 7.43. The standard InChI is InChI=1S/C27H30F4N4O5/c1-15(2)24-21(9-8-19(36)11-20(37)12-23(38)39)35(18-6-4-17(28)5-7-18)34-25(24)26(40)33-14-16-3-10-22(32-13-16)27(29,30)31/h3-7,10,13,15,19-20,36-37H,8-9,11-12,14H2,1-2H3,(H,33,40)(H,38,39)/t19-,20-/m1/s1. The van der Waals surface area contributed by atoms with Crippen LogP contribution in [0, 0.1) is 5.82 Å². The van der Waals surface area contributed by atoms with Gasteiger partial charge in [0, 0.05) is 24.0 Å². The van der Waals surface area contributed by atoms with Crippen LogP contribution in [-0.2, 0) is 23.9 Å². The molecule has 0 saturated heterocycles. The molecule has 1 amide bonds. The Hall–Kier alpha value is -3.84. The van der Waals surface area contributed by atoms with E-state index in [1.165, 1.54) is 35.0 Å². The molecule has 3 rings (SSSR count). The number of aliphatic hydroxyl groups is 2. The van der Waals surface area contributed by atoms with Crippen LogP contribution in [0.3, 0.4) is 0 Å². The Morgan fingerprint density at radius 3 is 2.27 bits per heavy atom. The molecule has 3 aromatic rings. The van der Waals surface area contributed by atoms with E-state index in [0.29, 0.717) is 22.5 Å². The largest absolute Gasteiger partial charge is 0.481 e. The van der Waals surface area contributed by atoms with E-state index in [1.807, 2.05) is 13.8 Å². The van der Waals surface area contributed by atoms with Gasteiger partial charge >= 0.3 is 12.1 Å². The molecule has 2 heterocycles. The minimum Gasteiger partial charge on any atom is -0.481 e. The Morgan fingerprint density at radius 2 is 1.73 bits per heavy atom. The maximum Gasteiger partial charge on any atom is 0.433 e. The van der Waals surface area contributed by atoms with Gasteiger partial charge in [-0.1, -0.05) is 19.9 Å². The number of carbonyl (C=O) groups excluding carboxylic acids is 1. The molecule has 9 nitrogen and oxygen atoms in total. The number of halogens is 4. The minimum absolute atomic E-state index is 0.0506. The summed E-state index contributed by atoms with van der Waals surface area (Å²) in [5, 5.41) is 36.3. The number of hydrogen-bond acceptors (Lipinski definition) is 6. The van der Waals surface area contributed by atoms with Crippen LogP contribution in [0.25, 0.3) is 5.69 Å². The molecule has 216 valence electrons. The van der Waals surface area contributed by atoms with Gasteiger partial charge in [-0.25, -0.2) is 9.07 Å². The van der Waals surface area contributed by atoms with E-state index in [4.69, 9.17) is 5.11 Å². The second kappa shape index (κ2) is 13.0. The van der Waals surface area contributed by atoms with Gasteiger partial charge in [-0.15, -0.1) is 0 Å². The van der Waals surface area contributed by atoms with E-state index in [1.54, 1.807) is 0 Å². The molecule has 0 unspecified atom stereocenters. The number of carbonyl (C=O) groups is 2. The fraction of sp³-hybridized carbons (Fsp3) is 0.407. The van der Waals surface area contributed by atoms with Crippen LogP contribution < -0.4 is 5.32 Å². The first-order valence-corrected chi connectivity index (χ1v) is 12.5. The minimum atomic E-state index is -4.58. The number of hydrogen-bond donors (Lipinski definition) is 4. The molecule has 0 aliphatic heterocycles. The Balaban J connectivity index is 1.88. The summed E-state index contributed by atoms with van der Waals surface area (Å²) in [5.74, 6) is -2.50. The van der Waals surface area contributed by atoms with Crippen molar-refractivity contribution in [3.05, 3.63) is 76.6 Å². The van der Waals surface area contributed by atoms with Crippen LogP contribution in [0.15, 0.2) is 42.6 Å². The molecule has 13 heteroatoms. The third-order valence-corrected chi connectivity index (χ3v) is 6.12. The zero-order chi connectivity index (χ0) is 29.6. The van der Waals surface area contributed by atoms with Crippen molar-refractivity contribution in [3.8, 4) is 5.69 Å². The van der Waals surface area contributed by atoms with Crippen molar-refractivity contribution in [2.45, 2.75) is 70.4 Å². The lowest BCUT2D eigenvalue weighted by molar-refractivity contribution is -0.141. The Bertz CT molecular complexity index is 1310. The Labute approximate surface area is 227 Å². The molecular weight excluding hydrogens is 536 g/mol. The quantitative estimate of drug-likeness (QED) is 0.243. The summed E-state index contributed by atoms with van der Waals surface area (Å²) >= 11 is 0. The fourth-order valence-electron chi connectivity index (χ4n) is 4.26. The van der Waals surface area contributed by atoms with Gasteiger partial charge in [0.05, 0.1) is 24.3 Å². The fourth-order valence-corrected chi connectivity index (χ4v) is 4.26. The number of aromatic nitrogens is 3. The second-order valence-electron chi connectivity index (χ2n) is 9.66. The molecule has 0 aliphatic rings. The van der Waals surface area contributed by atoms with Crippen LogP contribution >= 0.6 is 0 Å². The van der Waals surface area contributed by atoms with E-state index in [2.05, 4.69) is 15.4 Å². The van der Waals surface area contributed by atoms with Crippen molar-refractivity contribution >= 4 is 11.9 Å². The lowest BCUT2D eigenvalue weighted by atomic mass is 9.95. The molecule has 0 saturated carbocycles. The predicted octanol–water partition coefficient (Wildman–Crippen LogP) is 4.00. The molecular formula is C27H30F4N4O5. The predicted molar refractivity (Wildman–Crippen MR) is 135 cm³/mol. The van der Waals surface area contributed by atoms with Crippen molar-refractivity contribution in [1.29, 1.82) is 0 Å². The first kappa shape index (κ1) is 30.7. The third kappa shape index (κ3) is 8.09. The van der Waals surface area contributed by atoms with Gasteiger partial charge in [0.25, 0.3) is 5.91 Å².